The third-order valence-electron chi connectivity index (χ3n) is 5.06. The molecule has 1 saturated carbocycles. The summed E-state index contributed by atoms with van der Waals surface area (Å²) in [5.74, 6) is 2.08. The number of amides is 1. The second-order valence-electron chi connectivity index (χ2n) is 7.05. The fourth-order valence-corrected chi connectivity index (χ4v) is 3.38. The first-order valence-corrected chi connectivity index (χ1v) is 9.47. The van der Waals surface area contributed by atoms with Crippen molar-refractivity contribution in [1.29, 1.82) is 0 Å². The van der Waals surface area contributed by atoms with Crippen LogP contribution in [-0.4, -0.2) is 38.1 Å². The SMILES string of the molecule is CNc1ncc(-c2cccc(-c3nc[nH]n3)c2)c2cc(NC(=O)C3CC3)ncc12. The van der Waals surface area contributed by atoms with Crippen molar-refractivity contribution < 1.29 is 4.79 Å². The van der Waals surface area contributed by atoms with Gasteiger partial charge < -0.3 is 10.6 Å². The van der Waals surface area contributed by atoms with Crippen LogP contribution in [0.15, 0.2) is 49.1 Å². The highest BCUT2D eigenvalue weighted by atomic mass is 16.2. The van der Waals surface area contributed by atoms with Gasteiger partial charge in [0.1, 0.15) is 18.0 Å². The van der Waals surface area contributed by atoms with E-state index in [1.165, 1.54) is 0 Å². The Labute approximate surface area is 166 Å². The molecule has 1 aliphatic carbocycles. The lowest BCUT2D eigenvalue weighted by atomic mass is 9.99. The largest absolute Gasteiger partial charge is 0.373 e. The van der Waals surface area contributed by atoms with E-state index in [1.54, 1.807) is 12.5 Å². The second kappa shape index (κ2) is 6.97. The van der Waals surface area contributed by atoms with Crippen molar-refractivity contribution in [2.75, 3.05) is 17.7 Å². The van der Waals surface area contributed by atoms with Gasteiger partial charge in [0.2, 0.25) is 5.91 Å². The smallest absolute Gasteiger partial charge is 0.228 e. The number of pyridine rings is 2. The van der Waals surface area contributed by atoms with Crippen LogP contribution < -0.4 is 10.6 Å². The van der Waals surface area contributed by atoms with E-state index < -0.39 is 0 Å². The first-order valence-electron chi connectivity index (χ1n) is 9.47. The Morgan fingerprint density at radius 3 is 2.69 bits per heavy atom. The number of anilines is 2. The molecule has 8 heteroatoms. The fourth-order valence-electron chi connectivity index (χ4n) is 3.38. The van der Waals surface area contributed by atoms with Crippen molar-refractivity contribution in [2.24, 2.45) is 5.92 Å². The van der Waals surface area contributed by atoms with Gasteiger partial charge in [0.25, 0.3) is 0 Å². The van der Waals surface area contributed by atoms with Crippen LogP contribution in [0.5, 0.6) is 0 Å². The Bertz CT molecular complexity index is 1200. The van der Waals surface area contributed by atoms with Crippen molar-refractivity contribution >= 4 is 28.3 Å². The summed E-state index contributed by atoms with van der Waals surface area (Å²) in [5, 5.41) is 14.8. The van der Waals surface area contributed by atoms with Crippen molar-refractivity contribution in [3.05, 3.63) is 49.1 Å². The molecular weight excluding hydrogens is 366 g/mol. The molecule has 3 aromatic heterocycles. The summed E-state index contributed by atoms with van der Waals surface area (Å²) in [4.78, 5) is 25.4. The van der Waals surface area contributed by atoms with Gasteiger partial charge >= 0.3 is 0 Å². The standard InChI is InChI=1S/C21H19N7O/c1-22-20-17-10-23-18(27-21(29)12-5-6-12)8-15(17)16(9-24-20)13-3-2-4-14(7-13)19-25-11-26-28-19/h2-4,7-12H,5-6H2,1H3,(H,22,24)(H,23,27,29)(H,25,26,28). The first-order chi connectivity index (χ1) is 14.2. The highest BCUT2D eigenvalue weighted by Crippen LogP contribution is 2.35. The quantitative estimate of drug-likeness (QED) is 0.485. The maximum Gasteiger partial charge on any atom is 0.228 e. The Kier molecular flexibility index (Phi) is 4.16. The van der Waals surface area contributed by atoms with E-state index in [2.05, 4.69) is 35.8 Å². The summed E-state index contributed by atoms with van der Waals surface area (Å²) in [5.41, 5.74) is 2.84. The highest BCUT2D eigenvalue weighted by molar-refractivity contribution is 6.04. The van der Waals surface area contributed by atoms with Gasteiger partial charge in [-0.2, -0.15) is 5.10 Å². The molecular formula is C21H19N7O. The molecule has 8 nitrogen and oxygen atoms in total. The van der Waals surface area contributed by atoms with E-state index in [0.717, 1.165) is 46.1 Å². The highest BCUT2D eigenvalue weighted by Gasteiger charge is 2.29. The molecule has 1 fully saturated rings. The monoisotopic (exact) mass is 385 g/mol. The molecule has 4 aromatic rings. The number of fused-ring (bicyclic) bond motifs is 1. The van der Waals surface area contributed by atoms with Crippen LogP contribution in [0.25, 0.3) is 33.3 Å². The summed E-state index contributed by atoms with van der Waals surface area (Å²) in [6.07, 6.45) is 7.04. The molecule has 1 amide bonds. The van der Waals surface area contributed by atoms with Crippen LogP contribution in [0.4, 0.5) is 11.6 Å². The van der Waals surface area contributed by atoms with E-state index in [1.807, 2.05) is 43.6 Å². The van der Waals surface area contributed by atoms with E-state index in [0.29, 0.717) is 11.6 Å². The minimum atomic E-state index is 0.0351. The molecule has 0 aliphatic heterocycles. The second-order valence-corrected chi connectivity index (χ2v) is 7.05. The molecule has 5 rings (SSSR count). The summed E-state index contributed by atoms with van der Waals surface area (Å²) in [6.45, 7) is 0. The molecule has 0 bridgehead atoms. The molecule has 3 heterocycles. The number of aromatic amines is 1. The van der Waals surface area contributed by atoms with E-state index in [4.69, 9.17) is 0 Å². The third kappa shape index (κ3) is 3.29. The zero-order chi connectivity index (χ0) is 19.8. The molecule has 0 spiro atoms. The Morgan fingerprint density at radius 2 is 1.93 bits per heavy atom. The zero-order valence-corrected chi connectivity index (χ0v) is 15.8. The number of aromatic nitrogens is 5. The van der Waals surface area contributed by atoms with Crippen LogP contribution in [-0.2, 0) is 4.79 Å². The van der Waals surface area contributed by atoms with E-state index >= 15 is 0 Å². The van der Waals surface area contributed by atoms with Gasteiger partial charge in [-0.15, -0.1) is 0 Å². The normalized spacial score (nSPS) is 13.4. The molecule has 1 aliphatic rings. The number of carbonyl (C=O) groups is 1. The fraction of sp³-hybridized carbons (Fsp3) is 0.190. The maximum absolute atomic E-state index is 12.2. The average Bonchev–Trinajstić information content (AvgIpc) is 3.47. The molecule has 144 valence electrons. The molecule has 29 heavy (non-hydrogen) atoms. The summed E-state index contributed by atoms with van der Waals surface area (Å²) < 4.78 is 0. The van der Waals surface area contributed by atoms with E-state index in [-0.39, 0.29) is 11.8 Å². The van der Waals surface area contributed by atoms with Crippen LogP contribution >= 0.6 is 0 Å². The number of hydrogen-bond donors (Lipinski definition) is 3. The minimum Gasteiger partial charge on any atom is -0.373 e. The predicted molar refractivity (Wildman–Crippen MR) is 111 cm³/mol. The zero-order valence-electron chi connectivity index (χ0n) is 15.8. The van der Waals surface area contributed by atoms with E-state index in [9.17, 15) is 4.79 Å². The molecule has 0 radical (unpaired) electrons. The number of nitrogens with one attached hydrogen (secondary N) is 3. The van der Waals surface area contributed by atoms with Crippen LogP contribution in [0.3, 0.4) is 0 Å². The summed E-state index contributed by atoms with van der Waals surface area (Å²) in [7, 11) is 1.83. The van der Waals surface area contributed by atoms with Crippen molar-refractivity contribution in [3.8, 4) is 22.5 Å². The predicted octanol–water partition coefficient (Wildman–Crippen LogP) is 3.47. The summed E-state index contributed by atoms with van der Waals surface area (Å²) in [6, 6.07) is 9.89. The number of nitrogens with zero attached hydrogens (tertiary/aromatic N) is 4. The van der Waals surface area contributed by atoms with Gasteiger partial charge in [-0.3, -0.25) is 9.89 Å². The number of rotatable bonds is 5. The Hall–Kier alpha value is -3.81. The Morgan fingerprint density at radius 1 is 1.07 bits per heavy atom. The topological polar surface area (TPSA) is 108 Å². The Balaban J connectivity index is 1.62. The molecule has 0 saturated heterocycles. The average molecular weight is 385 g/mol. The molecule has 0 atom stereocenters. The molecule has 0 unspecified atom stereocenters. The van der Waals surface area contributed by atoms with Crippen molar-refractivity contribution in [1.82, 2.24) is 25.1 Å². The van der Waals surface area contributed by atoms with Gasteiger partial charge in [0, 0.05) is 41.9 Å². The van der Waals surface area contributed by atoms with Gasteiger partial charge in [0.05, 0.1) is 0 Å². The van der Waals surface area contributed by atoms with Gasteiger partial charge in [-0.25, -0.2) is 15.0 Å². The van der Waals surface area contributed by atoms with Crippen molar-refractivity contribution in [3.63, 3.8) is 0 Å². The van der Waals surface area contributed by atoms with Crippen LogP contribution in [0, 0.1) is 5.92 Å². The summed E-state index contributed by atoms with van der Waals surface area (Å²) >= 11 is 0. The number of H-pyrrole nitrogens is 1. The number of carbonyl (C=O) groups excluding carboxylic acids is 1. The van der Waals surface area contributed by atoms with Gasteiger partial charge in [-0.05, 0) is 35.9 Å². The van der Waals surface area contributed by atoms with Crippen molar-refractivity contribution in [2.45, 2.75) is 12.8 Å². The van der Waals surface area contributed by atoms with Gasteiger partial charge in [-0.1, -0.05) is 18.2 Å². The first kappa shape index (κ1) is 17.3. The lowest BCUT2D eigenvalue weighted by molar-refractivity contribution is -0.117. The number of benzene rings is 1. The lowest BCUT2D eigenvalue weighted by Crippen LogP contribution is -2.14. The molecule has 1 aromatic carbocycles. The maximum atomic E-state index is 12.2. The van der Waals surface area contributed by atoms with Crippen LogP contribution in [0.2, 0.25) is 0 Å². The third-order valence-corrected chi connectivity index (χ3v) is 5.06. The number of hydrogen-bond acceptors (Lipinski definition) is 6. The minimum absolute atomic E-state index is 0.0351. The van der Waals surface area contributed by atoms with Crippen LogP contribution in [0.1, 0.15) is 12.8 Å². The van der Waals surface area contributed by atoms with Gasteiger partial charge in [0.15, 0.2) is 5.82 Å². The molecule has 3 N–H and O–H groups in total. The lowest BCUT2D eigenvalue weighted by Gasteiger charge is -2.12.